The van der Waals surface area contributed by atoms with E-state index in [0.717, 1.165) is 5.57 Å². The van der Waals surface area contributed by atoms with Gasteiger partial charge in [0.15, 0.2) is 0 Å². The SMILES string of the molecule is C=C(C)C=NC1CC1. The molecule has 0 atom stereocenters. The molecule has 1 aliphatic carbocycles. The van der Waals surface area contributed by atoms with Gasteiger partial charge in [-0.2, -0.15) is 0 Å². The highest BCUT2D eigenvalue weighted by Crippen LogP contribution is 2.22. The molecule has 0 heterocycles. The first kappa shape index (κ1) is 5.54. The molecular formula is C7H11N. The van der Waals surface area contributed by atoms with Crippen molar-refractivity contribution >= 4 is 6.21 Å². The van der Waals surface area contributed by atoms with E-state index < -0.39 is 0 Å². The molecule has 0 unspecified atom stereocenters. The molecule has 1 saturated carbocycles. The first-order valence-electron chi connectivity index (χ1n) is 2.98. The number of hydrogen-bond acceptors (Lipinski definition) is 1. The van der Waals surface area contributed by atoms with E-state index in [2.05, 4.69) is 11.6 Å². The zero-order chi connectivity index (χ0) is 5.98. The molecule has 8 heavy (non-hydrogen) atoms. The molecule has 1 heteroatoms. The van der Waals surface area contributed by atoms with Crippen LogP contribution in [0.3, 0.4) is 0 Å². The Balaban J connectivity index is 2.23. The van der Waals surface area contributed by atoms with Crippen LogP contribution >= 0.6 is 0 Å². The fourth-order valence-corrected chi connectivity index (χ4v) is 0.456. The molecule has 0 aliphatic heterocycles. The van der Waals surface area contributed by atoms with E-state index in [1.165, 1.54) is 12.8 Å². The van der Waals surface area contributed by atoms with Crippen molar-refractivity contribution < 1.29 is 0 Å². The maximum Gasteiger partial charge on any atom is 0.0501 e. The number of rotatable bonds is 2. The van der Waals surface area contributed by atoms with Crippen molar-refractivity contribution in [1.29, 1.82) is 0 Å². The Morgan fingerprint density at radius 1 is 1.75 bits per heavy atom. The van der Waals surface area contributed by atoms with Gasteiger partial charge in [0.1, 0.15) is 0 Å². The van der Waals surface area contributed by atoms with Gasteiger partial charge in [0, 0.05) is 6.21 Å². The Hall–Kier alpha value is -0.590. The molecule has 0 N–H and O–H groups in total. The monoisotopic (exact) mass is 109 g/mol. The molecule has 1 fully saturated rings. The minimum Gasteiger partial charge on any atom is -0.290 e. The van der Waals surface area contributed by atoms with Gasteiger partial charge >= 0.3 is 0 Å². The fourth-order valence-electron chi connectivity index (χ4n) is 0.456. The molecule has 0 radical (unpaired) electrons. The topological polar surface area (TPSA) is 12.4 Å². The zero-order valence-electron chi connectivity index (χ0n) is 5.22. The number of aliphatic imine (C=N–C) groups is 1. The van der Waals surface area contributed by atoms with Gasteiger partial charge in [0.05, 0.1) is 6.04 Å². The summed E-state index contributed by atoms with van der Waals surface area (Å²) in [5, 5.41) is 0. The second-order valence-electron chi connectivity index (χ2n) is 2.36. The summed E-state index contributed by atoms with van der Waals surface area (Å²) in [6, 6.07) is 0.645. The lowest BCUT2D eigenvalue weighted by Crippen LogP contribution is -1.77. The summed E-state index contributed by atoms with van der Waals surface area (Å²) in [7, 11) is 0. The van der Waals surface area contributed by atoms with E-state index in [-0.39, 0.29) is 0 Å². The third-order valence-corrected chi connectivity index (χ3v) is 1.05. The maximum absolute atomic E-state index is 4.21. The van der Waals surface area contributed by atoms with Crippen LogP contribution in [0.4, 0.5) is 0 Å². The van der Waals surface area contributed by atoms with Crippen LogP contribution in [0.15, 0.2) is 17.1 Å². The lowest BCUT2D eigenvalue weighted by atomic mass is 10.4. The molecule has 1 nitrogen and oxygen atoms in total. The minimum absolute atomic E-state index is 0.645. The van der Waals surface area contributed by atoms with E-state index in [0.29, 0.717) is 6.04 Å². The highest BCUT2D eigenvalue weighted by atomic mass is 14.8. The Kier molecular flexibility index (Phi) is 1.47. The molecule has 0 spiro atoms. The van der Waals surface area contributed by atoms with E-state index >= 15 is 0 Å². The number of nitrogens with zero attached hydrogens (tertiary/aromatic N) is 1. The van der Waals surface area contributed by atoms with Crippen molar-refractivity contribution in [3.8, 4) is 0 Å². The molecular weight excluding hydrogens is 98.1 g/mol. The second-order valence-corrected chi connectivity index (χ2v) is 2.36. The standard InChI is InChI=1S/C7H11N/c1-6(2)5-8-7-3-4-7/h5,7H,1,3-4H2,2H3. The van der Waals surface area contributed by atoms with Crippen LogP contribution < -0.4 is 0 Å². The Morgan fingerprint density at radius 3 is 2.75 bits per heavy atom. The van der Waals surface area contributed by atoms with Crippen molar-refractivity contribution in [3.05, 3.63) is 12.2 Å². The quantitative estimate of drug-likeness (QED) is 0.479. The van der Waals surface area contributed by atoms with Crippen LogP contribution in [0.25, 0.3) is 0 Å². The zero-order valence-corrected chi connectivity index (χ0v) is 5.22. The van der Waals surface area contributed by atoms with Gasteiger partial charge in [-0.05, 0) is 25.3 Å². The van der Waals surface area contributed by atoms with Gasteiger partial charge in [-0.3, -0.25) is 4.99 Å². The predicted octanol–water partition coefficient (Wildman–Crippen LogP) is 1.80. The number of allylic oxidation sites excluding steroid dienone is 1. The summed E-state index contributed by atoms with van der Waals surface area (Å²) in [6.45, 7) is 5.67. The van der Waals surface area contributed by atoms with Gasteiger partial charge in [-0.25, -0.2) is 0 Å². The summed E-state index contributed by atoms with van der Waals surface area (Å²) in [4.78, 5) is 4.21. The van der Waals surface area contributed by atoms with Crippen LogP contribution in [0.2, 0.25) is 0 Å². The molecule has 1 aliphatic rings. The maximum atomic E-state index is 4.21. The Morgan fingerprint density at radius 2 is 2.38 bits per heavy atom. The van der Waals surface area contributed by atoms with Crippen LogP contribution in [-0.2, 0) is 0 Å². The second kappa shape index (κ2) is 2.12. The lowest BCUT2D eigenvalue weighted by molar-refractivity contribution is 1.08. The van der Waals surface area contributed by atoms with E-state index in [1.54, 1.807) is 0 Å². The van der Waals surface area contributed by atoms with Gasteiger partial charge < -0.3 is 0 Å². The first-order chi connectivity index (χ1) is 3.79. The average Bonchev–Trinajstić information content (AvgIpc) is 2.41. The van der Waals surface area contributed by atoms with E-state index in [4.69, 9.17) is 0 Å². The smallest absolute Gasteiger partial charge is 0.0501 e. The Labute approximate surface area is 50.1 Å². The van der Waals surface area contributed by atoms with Crippen LogP contribution in [-0.4, -0.2) is 12.3 Å². The largest absolute Gasteiger partial charge is 0.290 e. The minimum atomic E-state index is 0.645. The predicted molar refractivity (Wildman–Crippen MR) is 36.3 cm³/mol. The van der Waals surface area contributed by atoms with E-state index in [1.807, 2.05) is 13.1 Å². The fraction of sp³-hybridized carbons (Fsp3) is 0.571. The van der Waals surface area contributed by atoms with Gasteiger partial charge in [-0.15, -0.1) is 0 Å². The third-order valence-electron chi connectivity index (χ3n) is 1.05. The highest BCUT2D eigenvalue weighted by Gasteiger charge is 2.18. The van der Waals surface area contributed by atoms with Crippen molar-refractivity contribution in [2.75, 3.05) is 0 Å². The molecule has 0 aromatic carbocycles. The lowest BCUT2D eigenvalue weighted by Gasteiger charge is -1.82. The van der Waals surface area contributed by atoms with Crippen molar-refractivity contribution in [2.24, 2.45) is 4.99 Å². The van der Waals surface area contributed by atoms with Crippen LogP contribution in [0.5, 0.6) is 0 Å². The highest BCUT2D eigenvalue weighted by molar-refractivity contribution is 5.76. The van der Waals surface area contributed by atoms with Crippen molar-refractivity contribution in [3.63, 3.8) is 0 Å². The molecule has 0 aromatic rings. The summed E-state index contributed by atoms with van der Waals surface area (Å²) in [5.74, 6) is 0. The van der Waals surface area contributed by atoms with Crippen molar-refractivity contribution in [2.45, 2.75) is 25.8 Å². The summed E-state index contributed by atoms with van der Waals surface area (Å²) >= 11 is 0. The van der Waals surface area contributed by atoms with Gasteiger partial charge in [-0.1, -0.05) is 6.58 Å². The van der Waals surface area contributed by atoms with Crippen LogP contribution in [0, 0.1) is 0 Å². The third kappa shape index (κ3) is 1.92. The molecule has 0 bridgehead atoms. The van der Waals surface area contributed by atoms with Crippen molar-refractivity contribution in [1.82, 2.24) is 0 Å². The summed E-state index contributed by atoms with van der Waals surface area (Å²) < 4.78 is 0. The molecule has 44 valence electrons. The molecule has 0 saturated heterocycles. The van der Waals surface area contributed by atoms with Gasteiger partial charge in [0.25, 0.3) is 0 Å². The molecule has 0 aromatic heterocycles. The first-order valence-corrected chi connectivity index (χ1v) is 2.98. The van der Waals surface area contributed by atoms with Gasteiger partial charge in [0.2, 0.25) is 0 Å². The number of hydrogen-bond donors (Lipinski definition) is 0. The normalized spacial score (nSPS) is 19.6. The van der Waals surface area contributed by atoms with E-state index in [9.17, 15) is 0 Å². The molecule has 1 rings (SSSR count). The summed E-state index contributed by atoms with van der Waals surface area (Å²) in [5.41, 5.74) is 1.05. The molecule has 0 amide bonds. The average molecular weight is 109 g/mol. The summed E-state index contributed by atoms with van der Waals surface area (Å²) in [6.07, 6.45) is 4.42. The van der Waals surface area contributed by atoms with Crippen LogP contribution in [0.1, 0.15) is 19.8 Å². The Bertz CT molecular complexity index is 120.